The van der Waals surface area contributed by atoms with Crippen molar-refractivity contribution >= 4 is 16.8 Å². The van der Waals surface area contributed by atoms with Crippen molar-refractivity contribution in [3.63, 3.8) is 0 Å². The van der Waals surface area contributed by atoms with Crippen LogP contribution in [0.5, 0.6) is 0 Å². The van der Waals surface area contributed by atoms with Gasteiger partial charge in [0.1, 0.15) is 0 Å². The number of oxazole rings is 1. The maximum atomic E-state index is 11.1. The molecule has 1 aromatic carbocycles. The van der Waals surface area contributed by atoms with Gasteiger partial charge in [0, 0.05) is 25.3 Å². The van der Waals surface area contributed by atoms with Gasteiger partial charge in [-0.15, -0.1) is 0 Å². The van der Waals surface area contributed by atoms with E-state index < -0.39 is 5.76 Å². The normalized spacial score (nSPS) is 12.6. The quantitative estimate of drug-likeness (QED) is 0.914. The molecule has 1 unspecified atom stereocenters. The number of aromatic nitrogens is 1. The third kappa shape index (κ3) is 2.79. The molecule has 0 bridgehead atoms. The largest absolute Gasteiger partial charge is 0.417 e. The number of anilines is 1. The zero-order valence-electron chi connectivity index (χ0n) is 11.3. The molecule has 100 valence electrons. The Labute approximate surface area is 111 Å². The Morgan fingerprint density at radius 3 is 2.84 bits per heavy atom. The van der Waals surface area contributed by atoms with Gasteiger partial charge in [0.2, 0.25) is 0 Å². The van der Waals surface area contributed by atoms with Crippen LogP contribution in [0.25, 0.3) is 11.1 Å². The molecule has 0 amide bonds. The minimum atomic E-state index is -0.452. The highest BCUT2D eigenvalue weighted by Gasteiger charge is 2.15. The molecular weight excluding hydrogens is 242 g/mol. The Kier molecular flexibility index (Phi) is 3.61. The van der Waals surface area contributed by atoms with Crippen LogP contribution in [0.3, 0.4) is 0 Å². The predicted molar refractivity (Wildman–Crippen MR) is 74.0 cm³/mol. The van der Waals surface area contributed by atoms with Gasteiger partial charge in [0.15, 0.2) is 5.58 Å². The van der Waals surface area contributed by atoms with E-state index in [1.807, 2.05) is 44.0 Å². The van der Waals surface area contributed by atoms with Gasteiger partial charge in [-0.25, -0.2) is 4.79 Å². The molecule has 0 aliphatic carbocycles. The first-order chi connectivity index (χ1) is 9.01. The van der Waals surface area contributed by atoms with Crippen molar-refractivity contribution < 1.29 is 4.42 Å². The maximum Gasteiger partial charge on any atom is 0.417 e. The van der Waals surface area contributed by atoms with Gasteiger partial charge in [-0.3, -0.25) is 4.98 Å². The number of fused-ring (bicyclic) bond motifs is 1. The summed E-state index contributed by atoms with van der Waals surface area (Å²) in [6.45, 7) is 4.72. The molecule has 0 saturated carbocycles. The molecule has 0 fully saturated rings. The van der Waals surface area contributed by atoms with Gasteiger partial charge < -0.3 is 9.32 Å². The van der Waals surface area contributed by atoms with Crippen molar-refractivity contribution in [1.29, 1.82) is 5.26 Å². The second kappa shape index (κ2) is 5.19. The van der Waals surface area contributed by atoms with Crippen LogP contribution in [0.15, 0.2) is 27.4 Å². The van der Waals surface area contributed by atoms with Crippen LogP contribution in [0, 0.1) is 23.2 Å². The Hall–Kier alpha value is -2.22. The first-order valence-corrected chi connectivity index (χ1v) is 6.25. The van der Waals surface area contributed by atoms with Crippen LogP contribution in [-0.4, -0.2) is 18.6 Å². The first kappa shape index (κ1) is 13.2. The molecule has 1 N–H and O–H groups in total. The zero-order chi connectivity index (χ0) is 14.0. The summed E-state index contributed by atoms with van der Waals surface area (Å²) < 4.78 is 5.03. The monoisotopic (exact) mass is 259 g/mol. The van der Waals surface area contributed by atoms with Crippen molar-refractivity contribution in [3.05, 3.63) is 28.7 Å². The standard InChI is InChI=1S/C14H17N3O2/c1-9(2)10(7-15)8-17(3)11-4-5-12-13(6-11)19-14(18)16-12/h4-6,9-10H,8H2,1-3H3,(H,16,18). The zero-order valence-corrected chi connectivity index (χ0v) is 11.3. The van der Waals surface area contributed by atoms with Crippen LogP contribution in [0.1, 0.15) is 13.8 Å². The Bertz CT molecular complexity index is 663. The number of hydrogen-bond acceptors (Lipinski definition) is 4. The molecule has 0 spiro atoms. The molecule has 0 saturated heterocycles. The predicted octanol–water partition coefficient (Wildman–Crippen LogP) is 2.35. The summed E-state index contributed by atoms with van der Waals surface area (Å²) in [6, 6.07) is 7.84. The Morgan fingerprint density at radius 2 is 2.21 bits per heavy atom. The highest BCUT2D eigenvalue weighted by atomic mass is 16.4. The molecule has 1 aromatic heterocycles. The highest BCUT2D eigenvalue weighted by Crippen LogP contribution is 2.21. The van der Waals surface area contributed by atoms with Gasteiger partial charge >= 0.3 is 5.76 Å². The lowest BCUT2D eigenvalue weighted by Crippen LogP contribution is -2.27. The van der Waals surface area contributed by atoms with Gasteiger partial charge in [0.05, 0.1) is 17.5 Å². The lowest BCUT2D eigenvalue weighted by Gasteiger charge is -2.23. The number of nitrogens with zero attached hydrogens (tertiary/aromatic N) is 2. The van der Waals surface area contributed by atoms with E-state index in [1.165, 1.54) is 0 Å². The molecular formula is C14H17N3O2. The average Bonchev–Trinajstić information content (AvgIpc) is 2.74. The van der Waals surface area contributed by atoms with Gasteiger partial charge in [-0.1, -0.05) is 13.8 Å². The van der Waals surface area contributed by atoms with Crippen LogP contribution in [0.2, 0.25) is 0 Å². The lowest BCUT2D eigenvalue weighted by molar-refractivity contribution is 0.477. The second-order valence-electron chi connectivity index (χ2n) is 5.06. The summed E-state index contributed by atoms with van der Waals surface area (Å²) >= 11 is 0. The smallest absolute Gasteiger partial charge is 0.408 e. The van der Waals surface area contributed by atoms with Crippen molar-refractivity contribution in [1.82, 2.24) is 4.98 Å². The number of H-pyrrole nitrogens is 1. The fraction of sp³-hybridized carbons (Fsp3) is 0.429. The summed E-state index contributed by atoms with van der Waals surface area (Å²) in [5.41, 5.74) is 2.14. The van der Waals surface area contributed by atoms with Crippen molar-refractivity contribution in [2.24, 2.45) is 11.8 Å². The van der Waals surface area contributed by atoms with E-state index in [0.29, 0.717) is 23.6 Å². The lowest BCUT2D eigenvalue weighted by atomic mass is 9.97. The number of benzene rings is 1. The number of nitrogens with one attached hydrogen (secondary N) is 1. The number of hydrogen-bond donors (Lipinski definition) is 1. The minimum absolute atomic E-state index is 0.0288. The van der Waals surface area contributed by atoms with E-state index in [0.717, 1.165) is 5.69 Å². The van der Waals surface area contributed by atoms with Gasteiger partial charge in [-0.05, 0) is 18.1 Å². The molecule has 19 heavy (non-hydrogen) atoms. The average molecular weight is 259 g/mol. The molecule has 2 aromatic rings. The van der Waals surface area contributed by atoms with Gasteiger partial charge in [0.25, 0.3) is 0 Å². The van der Waals surface area contributed by atoms with Crippen molar-refractivity contribution in [2.45, 2.75) is 13.8 Å². The van der Waals surface area contributed by atoms with Crippen LogP contribution in [0.4, 0.5) is 5.69 Å². The summed E-state index contributed by atoms with van der Waals surface area (Å²) in [5, 5.41) is 9.13. The SMILES string of the molecule is CC(C)C(C#N)CN(C)c1ccc2[nH]c(=O)oc2c1. The van der Waals surface area contributed by atoms with Crippen LogP contribution >= 0.6 is 0 Å². The summed E-state index contributed by atoms with van der Waals surface area (Å²) in [7, 11) is 1.93. The van der Waals surface area contributed by atoms with E-state index in [1.54, 1.807) is 0 Å². The van der Waals surface area contributed by atoms with E-state index in [9.17, 15) is 4.79 Å². The molecule has 1 atom stereocenters. The van der Waals surface area contributed by atoms with E-state index in [-0.39, 0.29) is 5.92 Å². The first-order valence-electron chi connectivity index (χ1n) is 6.25. The van der Waals surface area contributed by atoms with Crippen molar-refractivity contribution in [3.8, 4) is 6.07 Å². The summed E-state index contributed by atoms with van der Waals surface area (Å²) in [4.78, 5) is 15.7. The maximum absolute atomic E-state index is 11.1. The second-order valence-corrected chi connectivity index (χ2v) is 5.06. The summed E-state index contributed by atoms with van der Waals surface area (Å²) in [5.74, 6) is -0.174. The Morgan fingerprint density at radius 1 is 1.47 bits per heavy atom. The molecule has 0 aliphatic heterocycles. The molecule has 5 nitrogen and oxygen atoms in total. The minimum Gasteiger partial charge on any atom is -0.408 e. The number of rotatable bonds is 4. The molecule has 2 rings (SSSR count). The van der Waals surface area contributed by atoms with Gasteiger partial charge in [-0.2, -0.15) is 5.26 Å². The fourth-order valence-electron chi connectivity index (χ4n) is 1.97. The summed E-state index contributed by atoms with van der Waals surface area (Å²) in [6.07, 6.45) is 0. The topological polar surface area (TPSA) is 73.0 Å². The van der Waals surface area contributed by atoms with E-state index in [4.69, 9.17) is 9.68 Å². The fourth-order valence-corrected chi connectivity index (χ4v) is 1.97. The number of aromatic amines is 1. The third-order valence-corrected chi connectivity index (χ3v) is 3.29. The third-order valence-electron chi connectivity index (χ3n) is 3.29. The van der Waals surface area contributed by atoms with Crippen LogP contribution < -0.4 is 10.7 Å². The molecule has 0 aliphatic rings. The van der Waals surface area contributed by atoms with E-state index in [2.05, 4.69) is 11.1 Å². The van der Waals surface area contributed by atoms with E-state index >= 15 is 0 Å². The number of nitriles is 1. The molecule has 1 heterocycles. The Balaban J connectivity index is 2.23. The highest BCUT2D eigenvalue weighted by molar-refractivity contribution is 5.77. The molecule has 0 radical (unpaired) electrons. The molecule has 5 heteroatoms. The van der Waals surface area contributed by atoms with Crippen LogP contribution in [-0.2, 0) is 0 Å². The van der Waals surface area contributed by atoms with Crippen molar-refractivity contribution in [2.75, 3.05) is 18.5 Å².